The average Bonchev–Trinajstić information content (AvgIpc) is 2.79. The summed E-state index contributed by atoms with van der Waals surface area (Å²) in [7, 11) is 0. The number of pyridine rings is 1. The lowest BCUT2D eigenvalue weighted by molar-refractivity contribution is -0.118. The Morgan fingerprint density at radius 3 is 2.88 bits per heavy atom. The van der Waals surface area contributed by atoms with Gasteiger partial charge in [0.05, 0.1) is 17.4 Å². The van der Waals surface area contributed by atoms with E-state index >= 15 is 0 Å². The number of hydrogen-bond acceptors (Lipinski definition) is 5. The highest BCUT2D eigenvalue weighted by atomic mass is 19.1. The molecule has 4 rings (SSSR count). The molecule has 2 heterocycles. The minimum atomic E-state index is -1.16. The predicted molar refractivity (Wildman–Crippen MR) is 112 cm³/mol. The Balaban J connectivity index is 1.67. The number of aryl methyl sites for hydroxylation is 1. The van der Waals surface area contributed by atoms with Crippen LogP contribution < -0.4 is 20.1 Å². The fourth-order valence-corrected chi connectivity index (χ4v) is 3.41. The highest BCUT2D eigenvalue weighted by Gasteiger charge is 2.24. The molecule has 0 saturated carbocycles. The minimum Gasteiger partial charge on any atom is -0.482 e. The summed E-state index contributed by atoms with van der Waals surface area (Å²) in [6.07, 6.45) is 1.58. The first-order valence-electron chi connectivity index (χ1n) is 9.73. The number of carbonyl (C=O) groups is 2. The number of rotatable bonds is 6. The summed E-state index contributed by atoms with van der Waals surface area (Å²) >= 11 is 0. The van der Waals surface area contributed by atoms with Crippen LogP contribution in [0.25, 0.3) is 0 Å². The summed E-state index contributed by atoms with van der Waals surface area (Å²) in [6, 6.07) is 11.5. The molecule has 0 unspecified atom stereocenters. The molecular weight excluding hydrogens is 420 g/mol. The molecule has 0 saturated heterocycles. The van der Waals surface area contributed by atoms with E-state index in [-0.39, 0.29) is 23.8 Å². The van der Waals surface area contributed by atoms with Gasteiger partial charge in [0, 0.05) is 11.8 Å². The Kier molecular flexibility index (Phi) is 5.98. The van der Waals surface area contributed by atoms with E-state index < -0.39 is 24.6 Å². The maximum absolute atomic E-state index is 14.4. The van der Waals surface area contributed by atoms with Gasteiger partial charge in [0.2, 0.25) is 6.86 Å². The van der Waals surface area contributed by atoms with Gasteiger partial charge in [0.15, 0.2) is 18.2 Å². The van der Waals surface area contributed by atoms with E-state index in [1.54, 1.807) is 30.5 Å². The number of benzene rings is 2. The molecule has 0 bridgehead atoms. The van der Waals surface area contributed by atoms with Gasteiger partial charge >= 0.3 is 0 Å². The van der Waals surface area contributed by atoms with Crippen molar-refractivity contribution in [3.05, 3.63) is 82.9 Å². The SMILES string of the molecule is Cc1cccnc1[C@@H](NC(=O)c1ccc2c(c1)OCC(=O)N2)c1ccc(OCF)c(F)c1. The molecule has 1 atom stereocenters. The average molecular weight is 439 g/mol. The van der Waals surface area contributed by atoms with Crippen molar-refractivity contribution in [1.82, 2.24) is 10.3 Å². The van der Waals surface area contributed by atoms with E-state index in [4.69, 9.17) is 4.74 Å². The fourth-order valence-electron chi connectivity index (χ4n) is 3.41. The third kappa shape index (κ3) is 4.36. The largest absolute Gasteiger partial charge is 0.482 e. The second-order valence-corrected chi connectivity index (χ2v) is 7.10. The summed E-state index contributed by atoms with van der Waals surface area (Å²) in [6.45, 7) is 0.533. The summed E-state index contributed by atoms with van der Waals surface area (Å²) in [5.74, 6) is -1.34. The summed E-state index contributed by atoms with van der Waals surface area (Å²) in [5, 5.41) is 5.54. The van der Waals surface area contributed by atoms with Crippen LogP contribution in [0.4, 0.5) is 14.5 Å². The third-order valence-corrected chi connectivity index (χ3v) is 4.97. The van der Waals surface area contributed by atoms with Crippen molar-refractivity contribution < 1.29 is 27.8 Å². The molecule has 2 N–H and O–H groups in total. The molecule has 0 spiro atoms. The topological polar surface area (TPSA) is 89.5 Å². The van der Waals surface area contributed by atoms with Crippen LogP contribution in [0.5, 0.6) is 11.5 Å². The molecule has 7 nitrogen and oxygen atoms in total. The van der Waals surface area contributed by atoms with Gasteiger partial charge in [-0.25, -0.2) is 8.78 Å². The van der Waals surface area contributed by atoms with Crippen LogP contribution in [0.2, 0.25) is 0 Å². The monoisotopic (exact) mass is 439 g/mol. The Morgan fingerprint density at radius 2 is 2.12 bits per heavy atom. The lowest BCUT2D eigenvalue weighted by Crippen LogP contribution is -2.31. The van der Waals surface area contributed by atoms with Crippen molar-refractivity contribution in [3.63, 3.8) is 0 Å². The van der Waals surface area contributed by atoms with E-state index in [0.29, 0.717) is 22.7 Å². The smallest absolute Gasteiger partial charge is 0.262 e. The van der Waals surface area contributed by atoms with Crippen molar-refractivity contribution >= 4 is 17.5 Å². The summed E-state index contributed by atoms with van der Waals surface area (Å²) < 4.78 is 36.9. The lowest BCUT2D eigenvalue weighted by Gasteiger charge is -2.22. The first-order chi connectivity index (χ1) is 15.5. The van der Waals surface area contributed by atoms with Crippen molar-refractivity contribution in [2.75, 3.05) is 18.8 Å². The van der Waals surface area contributed by atoms with Crippen LogP contribution in [0.15, 0.2) is 54.7 Å². The molecule has 0 fully saturated rings. The molecule has 32 heavy (non-hydrogen) atoms. The van der Waals surface area contributed by atoms with Crippen molar-refractivity contribution in [2.45, 2.75) is 13.0 Å². The molecule has 1 aliphatic heterocycles. The number of nitrogens with one attached hydrogen (secondary N) is 2. The standard InChI is InChI=1S/C23H19F2N3O4/c1-13-3-2-8-26-21(13)22(14-5-7-18(32-12-24)16(25)9-14)28-23(30)15-4-6-17-19(10-15)31-11-20(29)27-17/h2-10,22H,11-12H2,1H3,(H,27,29)(H,28,30)/t22-/m0/s1. The Morgan fingerprint density at radius 1 is 1.28 bits per heavy atom. The number of ether oxygens (including phenoxy) is 2. The van der Waals surface area contributed by atoms with Crippen molar-refractivity contribution in [2.24, 2.45) is 0 Å². The molecular formula is C23H19F2N3O4. The van der Waals surface area contributed by atoms with Crippen LogP contribution in [-0.2, 0) is 4.79 Å². The van der Waals surface area contributed by atoms with E-state index in [2.05, 4.69) is 20.4 Å². The van der Waals surface area contributed by atoms with Gasteiger partial charge in [-0.15, -0.1) is 0 Å². The van der Waals surface area contributed by atoms with Gasteiger partial charge in [-0.2, -0.15) is 0 Å². The second-order valence-electron chi connectivity index (χ2n) is 7.10. The van der Waals surface area contributed by atoms with Gasteiger partial charge in [0.1, 0.15) is 5.75 Å². The highest BCUT2D eigenvalue weighted by Crippen LogP contribution is 2.30. The number of aromatic nitrogens is 1. The predicted octanol–water partition coefficient (Wildman–Crippen LogP) is 3.69. The van der Waals surface area contributed by atoms with E-state index in [1.165, 1.54) is 18.2 Å². The van der Waals surface area contributed by atoms with E-state index in [0.717, 1.165) is 5.56 Å². The van der Waals surface area contributed by atoms with Gasteiger partial charge in [-0.05, 0) is 54.4 Å². The molecule has 0 radical (unpaired) electrons. The van der Waals surface area contributed by atoms with Crippen molar-refractivity contribution in [3.8, 4) is 11.5 Å². The molecule has 2 amide bonds. The zero-order chi connectivity index (χ0) is 22.7. The van der Waals surface area contributed by atoms with Crippen LogP contribution in [-0.4, -0.2) is 30.3 Å². The van der Waals surface area contributed by atoms with Gasteiger partial charge in [-0.1, -0.05) is 12.1 Å². The first kappa shape index (κ1) is 21.2. The molecule has 3 aromatic rings. The zero-order valence-corrected chi connectivity index (χ0v) is 17.0. The Labute approximate surface area is 182 Å². The third-order valence-electron chi connectivity index (χ3n) is 4.97. The quantitative estimate of drug-likeness (QED) is 0.612. The first-order valence-corrected chi connectivity index (χ1v) is 9.73. The molecule has 2 aromatic carbocycles. The molecule has 1 aromatic heterocycles. The van der Waals surface area contributed by atoms with Crippen LogP contribution >= 0.6 is 0 Å². The highest BCUT2D eigenvalue weighted by molar-refractivity contribution is 5.99. The molecule has 1 aliphatic rings. The van der Waals surface area contributed by atoms with Crippen LogP contribution in [0.1, 0.15) is 33.2 Å². The fraction of sp³-hybridized carbons (Fsp3) is 0.174. The number of alkyl halides is 1. The van der Waals surface area contributed by atoms with Crippen molar-refractivity contribution in [1.29, 1.82) is 0 Å². The van der Waals surface area contributed by atoms with E-state index in [9.17, 15) is 18.4 Å². The second kappa shape index (κ2) is 9.01. The van der Waals surface area contributed by atoms with E-state index in [1.807, 2.05) is 13.0 Å². The maximum Gasteiger partial charge on any atom is 0.262 e. The van der Waals surface area contributed by atoms with Crippen LogP contribution in [0.3, 0.4) is 0 Å². The molecule has 9 heteroatoms. The number of fused-ring (bicyclic) bond motifs is 1. The number of anilines is 1. The normalized spacial score (nSPS) is 13.4. The van der Waals surface area contributed by atoms with Gasteiger partial charge in [-0.3, -0.25) is 14.6 Å². The number of carbonyl (C=O) groups excluding carboxylic acids is 2. The Hall–Kier alpha value is -4.01. The summed E-state index contributed by atoms with van der Waals surface area (Å²) in [5.41, 5.74) is 2.49. The maximum atomic E-state index is 14.4. The molecule has 0 aliphatic carbocycles. The zero-order valence-electron chi connectivity index (χ0n) is 17.0. The number of halogens is 2. The lowest BCUT2D eigenvalue weighted by atomic mass is 9.99. The minimum absolute atomic E-state index is 0.138. The Bertz CT molecular complexity index is 1190. The molecule has 164 valence electrons. The number of hydrogen-bond donors (Lipinski definition) is 2. The van der Waals surface area contributed by atoms with Gasteiger partial charge in [0.25, 0.3) is 11.8 Å². The van der Waals surface area contributed by atoms with Crippen LogP contribution in [0, 0.1) is 12.7 Å². The number of nitrogens with zero attached hydrogens (tertiary/aromatic N) is 1. The van der Waals surface area contributed by atoms with Gasteiger partial charge < -0.3 is 20.1 Å². The summed E-state index contributed by atoms with van der Waals surface area (Å²) in [4.78, 5) is 28.9. The number of amides is 2.